The maximum atomic E-state index is 5.14. The minimum Gasteiger partial charge on any atom is -0.236 e. The maximum Gasteiger partial charge on any atom is 0.159 e. The molecule has 1 heterocycles. The average molecular weight is 527 g/mol. The van der Waals surface area contributed by atoms with E-state index in [0.29, 0.717) is 10.8 Å². The first-order valence-corrected chi connectivity index (χ1v) is 16.6. The highest BCUT2D eigenvalue weighted by molar-refractivity contribution is 5.55. The van der Waals surface area contributed by atoms with Crippen LogP contribution in [0, 0.1) is 58.2 Å². The first-order chi connectivity index (χ1) is 18.7. The first-order valence-electron chi connectivity index (χ1n) is 16.6. The van der Waals surface area contributed by atoms with Crippen molar-refractivity contribution in [1.82, 2.24) is 9.97 Å². The van der Waals surface area contributed by atoms with Crippen LogP contribution in [0.1, 0.15) is 111 Å². The molecule has 6 rings (SSSR count). The van der Waals surface area contributed by atoms with Gasteiger partial charge in [0.15, 0.2) is 5.82 Å². The van der Waals surface area contributed by atoms with Crippen LogP contribution in [-0.4, -0.2) is 9.97 Å². The zero-order chi connectivity index (χ0) is 27.4. The molecule has 4 aliphatic carbocycles. The summed E-state index contributed by atoms with van der Waals surface area (Å²) in [4.78, 5) is 10.0. The fourth-order valence-electron chi connectivity index (χ4n) is 10.9. The summed E-state index contributed by atoms with van der Waals surface area (Å²) in [6.07, 6.45) is 17.5. The van der Waals surface area contributed by atoms with Crippen LogP contribution in [-0.2, 0) is 12.8 Å². The average Bonchev–Trinajstić information content (AvgIpc) is 3.29. The summed E-state index contributed by atoms with van der Waals surface area (Å²) in [6.45, 7) is 15.3. The van der Waals surface area contributed by atoms with Gasteiger partial charge in [0.1, 0.15) is 0 Å². The van der Waals surface area contributed by atoms with E-state index < -0.39 is 0 Å². The second-order valence-corrected chi connectivity index (χ2v) is 15.3. The third kappa shape index (κ3) is 4.70. The molecule has 3 saturated carbocycles. The fraction of sp³-hybridized carbons (Fsp3) is 0.730. The summed E-state index contributed by atoms with van der Waals surface area (Å²) >= 11 is 0. The number of aromatic nitrogens is 2. The highest BCUT2D eigenvalue weighted by atomic mass is 14.9. The van der Waals surface area contributed by atoms with E-state index in [4.69, 9.17) is 9.97 Å². The lowest BCUT2D eigenvalue weighted by atomic mass is 9.44. The van der Waals surface area contributed by atoms with E-state index in [-0.39, 0.29) is 0 Å². The van der Waals surface area contributed by atoms with Crippen LogP contribution in [0.4, 0.5) is 0 Å². The van der Waals surface area contributed by atoms with Crippen LogP contribution in [0.15, 0.2) is 36.5 Å². The molecule has 0 amide bonds. The molecule has 0 bridgehead atoms. The monoisotopic (exact) mass is 526 g/mol. The summed E-state index contributed by atoms with van der Waals surface area (Å²) in [5.41, 5.74) is 4.92. The third-order valence-electron chi connectivity index (χ3n) is 13.3. The molecular formula is C37H54N2. The van der Waals surface area contributed by atoms with E-state index in [1.54, 1.807) is 0 Å². The summed E-state index contributed by atoms with van der Waals surface area (Å²) < 4.78 is 0. The Morgan fingerprint density at radius 3 is 2.41 bits per heavy atom. The minimum absolute atomic E-state index is 0.421. The second-order valence-electron chi connectivity index (χ2n) is 15.3. The Morgan fingerprint density at radius 2 is 1.67 bits per heavy atom. The number of hydrogen-bond acceptors (Lipinski definition) is 2. The van der Waals surface area contributed by atoms with Gasteiger partial charge in [-0.3, -0.25) is 0 Å². The Kier molecular flexibility index (Phi) is 7.47. The SMILES string of the molecule is CC[C@H](CC[C@@H](C)[C@H]1CC[C@H]2[C@@H]3CC[C@H]4Cc5nc(-c6ccccc6)ncc5C[C@]4(C)[C@H]3CC[C@]12C)C(C)C. The van der Waals surface area contributed by atoms with E-state index in [0.717, 1.165) is 65.2 Å². The van der Waals surface area contributed by atoms with Crippen LogP contribution in [0.3, 0.4) is 0 Å². The molecule has 0 radical (unpaired) electrons. The highest BCUT2D eigenvalue weighted by Gasteiger charge is 2.60. The summed E-state index contributed by atoms with van der Waals surface area (Å²) in [6, 6.07) is 10.5. The van der Waals surface area contributed by atoms with E-state index in [1.165, 1.54) is 75.5 Å². The van der Waals surface area contributed by atoms with Gasteiger partial charge < -0.3 is 0 Å². The fourth-order valence-corrected chi connectivity index (χ4v) is 10.9. The van der Waals surface area contributed by atoms with Gasteiger partial charge in [0.2, 0.25) is 0 Å². The van der Waals surface area contributed by atoms with E-state index >= 15 is 0 Å². The Labute approximate surface area is 239 Å². The predicted molar refractivity (Wildman–Crippen MR) is 163 cm³/mol. The Hall–Kier alpha value is -1.70. The molecule has 39 heavy (non-hydrogen) atoms. The number of rotatable bonds is 7. The lowest BCUT2D eigenvalue weighted by Gasteiger charge is -2.60. The molecule has 3 fully saturated rings. The van der Waals surface area contributed by atoms with Crippen LogP contribution < -0.4 is 0 Å². The van der Waals surface area contributed by atoms with Gasteiger partial charge in [-0.1, -0.05) is 84.7 Å². The minimum atomic E-state index is 0.421. The van der Waals surface area contributed by atoms with Crippen molar-refractivity contribution >= 4 is 0 Å². The summed E-state index contributed by atoms with van der Waals surface area (Å²) in [5, 5.41) is 0. The summed E-state index contributed by atoms with van der Waals surface area (Å²) in [7, 11) is 0. The molecule has 212 valence electrons. The molecule has 0 unspecified atom stereocenters. The maximum absolute atomic E-state index is 5.14. The van der Waals surface area contributed by atoms with Crippen molar-refractivity contribution in [2.45, 2.75) is 112 Å². The second kappa shape index (κ2) is 10.6. The van der Waals surface area contributed by atoms with E-state index in [1.807, 2.05) is 0 Å². The zero-order valence-electron chi connectivity index (χ0n) is 25.8. The van der Waals surface area contributed by atoms with Gasteiger partial charge in [0, 0.05) is 17.5 Å². The molecule has 1 aromatic heterocycles. The van der Waals surface area contributed by atoms with Crippen molar-refractivity contribution in [3.05, 3.63) is 47.8 Å². The molecule has 1 aromatic carbocycles. The van der Waals surface area contributed by atoms with Gasteiger partial charge in [-0.25, -0.2) is 9.97 Å². The van der Waals surface area contributed by atoms with Crippen molar-refractivity contribution in [3.63, 3.8) is 0 Å². The van der Waals surface area contributed by atoms with Crippen LogP contribution in [0.2, 0.25) is 0 Å². The lowest BCUT2D eigenvalue weighted by Crippen LogP contribution is -2.54. The van der Waals surface area contributed by atoms with Gasteiger partial charge >= 0.3 is 0 Å². The van der Waals surface area contributed by atoms with E-state index in [9.17, 15) is 0 Å². The van der Waals surface area contributed by atoms with Gasteiger partial charge in [-0.15, -0.1) is 0 Å². The normalized spacial score (nSPS) is 36.9. The van der Waals surface area contributed by atoms with Crippen LogP contribution in [0.25, 0.3) is 11.4 Å². The smallest absolute Gasteiger partial charge is 0.159 e. The first kappa shape index (κ1) is 27.5. The Morgan fingerprint density at radius 1 is 0.897 bits per heavy atom. The zero-order valence-corrected chi connectivity index (χ0v) is 25.8. The molecule has 0 spiro atoms. The molecular weight excluding hydrogens is 472 g/mol. The van der Waals surface area contributed by atoms with Crippen molar-refractivity contribution in [3.8, 4) is 11.4 Å². The van der Waals surface area contributed by atoms with Gasteiger partial charge in [-0.05, 0) is 122 Å². The van der Waals surface area contributed by atoms with Gasteiger partial charge in [-0.2, -0.15) is 0 Å². The number of benzene rings is 1. The molecule has 9 atom stereocenters. The van der Waals surface area contributed by atoms with E-state index in [2.05, 4.69) is 78.1 Å². The molecule has 2 aromatic rings. The molecule has 4 aliphatic rings. The lowest BCUT2D eigenvalue weighted by molar-refractivity contribution is -0.104. The van der Waals surface area contributed by atoms with Gasteiger partial charge in [0.05, 0.1) is 0 Å². The van der Waals surface area contributed by atoms with Crippen molar-refractivity contribution in [2.24, 2.45) is 58.2 Å². The Balaban J connectivity index is 1.18. The molecule has 2 nitrogen and oxygen atoms in total. The highest BCUT2D eigenvalue weighted by Crippen LogP contribution is 2.68. The van der Waals surface area contributed by atoms with Crippen molar-refractivity contribution in [1.29, 1.82) is 0 Å². The largest absolute Gasteiger partial charge is 0.236 e. The topological polar surface area (TPSA) is 25.8 Å². The Bertz CT molecular complexity index is 1140. The van der Waals surface area contributed by atoms with Crippen LogP contribution in [0.5, 0.6) is 0 Å². The standard InChI is InChI=1S/C37H54N2/c1-7-26(24(2)3)14-13-25(4)31-17-18-32-30-16-15-29-21-34-28(22-37(29,6)33(30)19-20-36(31,32)5)23-38-35(39-34)27-11-9-8-10-12-27/h8-12,23-26,29-33H,7,13-22H2,1-6H3/t25-,26-,29+,30+,31-,32+,33+,36-,37+/m1/s1. The number of fused-ring (bicyclic) bond motifs is 6. The van der Waals surface area contributed by atoms with Crippen LogP contribution >= 0.6 is 0 Å². The number of nitrogens with zero attached hydrogens (tertiary/aromatic N) is 2. The number of hydrogen-bond donors (Lipinski definition) is 0. The van der Waals surface area contributed by atoms with Crippen molar-refractivity contribution in [2.75, 3.05) is 0 Å². The quantitative estimate of drug-likeness (QED) is 0.359. The van der Waals surface area contributed by atoms with Gasteiger partial charge in [0.25, 0.3) is 0 Å². The summed E-state index contributed by atoms with van der Waals surface area (Å²) in [5.74, 6) is 8.03. The van der Waals surface area contributed by atoms with Crippen molar-refractivity contribution < 1.29 is 0 Å². The molecule has 0 saturated heterocycles. The molecule has 0 aliphatic heterocycles. The molecule has 0 N–H and O–H groups in total. The third-order valence-corrected chi connectivity index (χ3v) is 13.3. The molecule has 2 heteroatoms. The predicted octanol–water partition coefficient (Wildman–Crippen LogP) is 9.82.